The lowest BCUT2D eigenvalue weighted by Crippen LogP contribution is -2.52. The Morgan fingerprint density at radius 1 is 1.33 bits per heavy atom. The van der Waals surface area contributed by atoms with E-state index in [4.69, 9.17) is 5.11 Å². The van der Waals surface area contributed by atoms with E-state index in [1.807, 2.05) is 11.8 Å². The lowest BCUT2D eigenvalue weighted by molar-refractivity contribution is -0.131. The lowest BCUT2D eigenvalue weighted by atomic mass is 10.1. The second-order valence-corrected chi connectivity index (χ2v) is 5.41. The quantitative estimate of drug-likeness (QED) is 0.858. The van der Waals surface area contributed by atoms with Crippen LogP contribution in [0, 0.1) is 0 Å². The first kappa shape index (κ1) is 15.3. The predicted octanol–water partition coefficient (Wildman–Crippen LogP) is 1.56. The molecule has 5 heteroatoms. The Balaban J connectivity index is 2.16. The van der Waals surface area contributed by atoms with Gasteiger partial charge in [-0.05, 0) is 37.7 Å². The highest BCUT2D eigenvalue weighted by atomic mass is 16.4. The van der Waals surface area contributed by atoms with E-state index in [1.54, 1.807) is 24.3 Å². The number of aliphatic carboxylic acids is 1. The number of rotatable bonds is 3. The second-order valence-electron chi connectivity index (χ2n) is 5.41. The van der Waals surface area contributed by atoms with Gasteiger partial charge in [0.25, 0.3) is 5.91 Å². The number of carboxylic acids is 1. The van der Waals surface area contributed by atoms with Gasteiger partial charge in [-0.2, -0.15) is 0 Å². The molecule has 1 saturated heterocycles. The summed E-state index contributed by atoms with van der Waals surface area (Å²) >= 11 is 0. The molecule has 21 heavy (non-hydrogen) atoms. The monoisotopic (exact) mass is 288 g/mol. The molecule has 0 aliphatic carbocycles. The minimum atomic E-state index is -1.00. The van der Waals surface area contributed by atoms with Gasteiger partial charge in [0.05, 0.1) is 0 Å². The van der Waals surface area contributed by atoms with Crippen LogP contribution in [0.3, 0.4) is 0 Å². The molecular formula is C16H20N2O3. The third kappa shape index (κ3) is 3.92. The van der Waals surface area contributed by atoms with Crippen molar-refractivity contribution in [2.75, 3.05) is 26.7 Å². The Morgan fingerprint density at radius 3 is 2.76 bits per heavy atom. The summed E-state index contributed by atoms with van der Waals surface area (Å²) in [5, 5.41) is 8.65. The molecule has 1 aliphatic heterocycles. The number of nitrogens with zero attached hydrogens (tertiary/aromatic N) is 2. The van der Waals surface area contributed by atoms with Gasteiger partial charge in [-0.3, -0.25) is 4.79 Å². The molecule has 0 bridgehead atoms. The summed E-state index contributed by atoms with van der Waals surface area (Å²) in [4.78, 5) is 27.2. The number of likely N-dealkylation sites (N-methyl/N-ethyl adjacent to an activating group) is 1. The summed E-state index contributed by atoms with van der Waals surface area (Å²) in [6.07, 6.45) is 2.56. The SMILES string of the molecule is CC1CN(C)CCN1C(=O)c1cccc(/C=C/C(=O)O)c1. The molecule has 0 saturated carbocycles. The van der Waals surface area contributed by atoms with Crippen molar-refractivity contribution in [2.45, 2.75) is 13.0 Å². The summed E-state index contributed by atoms with van der Waals surface area (Å²) in [5.41, 5.74) is 1.31. The van der Waals surface area contributed by atoms with E-state index in [-0.39, 0.29) is 11.9 Å². The number of carboxylic acid groups (broad SMARTS) is 1. The minimum Gasteiger partial charge on any atom is -0.478 e. The van der Waals surface area contributed by atoms with Gasteiger partial charge in [-0.1, -0.05) is 12.1 Å². The zero-order chi connectivity index (χ0) is 15.4. The zero-order valence-corrected chi connectivity index (χ0v) is 12.3. The van der Waals surface area contributed by atoms with Crippen molar-refractivity contribution in [3.05, 3.63) is 41.5 Å². The Kier molecular flexibility index (Phi) is 4.75. The first-order valence-corrected chi connectivity index (χ1v) is 6.98. The van der Waals surface area contributed by atoms with E-state index in [9.17, 15) is 9.59 Å². The van der Waals surface area contributed by atoms with Crippen LogP contribution in [0.15, 0.2) is 30.3 Å². The van der Waals surface area contributed by atoms with Gasteiger partial charge in [0.15, 0.2) is 0 Å². The standard InChI is InChI=1S/C16H20N2O3/c1-12-11-17(2)8-9-18(12)16(21)14-5-3-4-13(10-14)6-7-15(19)20/h3-7,10,12H,8-9,11H2,1-2H3,(H,19,20)/b7-6+. The van der Waals surface area contributed by atoms with Crippen molar-refractivity contribution >= 4 is 18.0 Å². The van der Waals surface area contributed by atoms with Crippen molar-refractivity contribution < 1.29 is 14.7 Å². The number of amides is 1. The lowest BCUT2D eigenvalue weighted by Gasteiger charge is -2.38. The maximum Gasteiger partial charge on any atom is 0.328 e. The molecule has 1 aliphatic rings. The van der Waals surface area contributed by atoms with Crippen LogP contribution < -0.4 is 0 Å². The smallest absolute Gasteiger partial charge is 0.328 e. The normalized spacial score (nSPS) is 19.9. The number of hydrogen-bond donors (Lipinski definition) is 1. The molecule has 2 rings (SSSR count). The molecule has 1 N–H and O–H groups in total. The molecule has 5 nitrogen and oxygen atoms in total. The molecule has 1 aromatic rings. The third-order valence-electron chi connectivity index (χ3n) is 3.64. The number of hydrogen-bond acceptors (Lipinski definition) is 3. The van der Waals surface area contributed by atoms with Crippen molar-refractivity contribution in [3.63, 3.8) is 0 Å². The predicted molar refractivity (Wildman–Crippen MR) is 81.1 cm³/mol. The Morgan fingerprint density at radius 2 is 2.10 bits per heavy atom. The van der Waals surface area contributed by atoms with Crippen molar-refractivity contribution in [2.24, 2.45) is 0 Å². The molecule has 1 atom stereocenters. The van der Waals surface area contributed by atoms with Crippen LogP contribution in [-0.2, 0) is 4.79 Å². The Labute approximate surface area is 124 Å². The van der Waals surface area contributed by atoms with Crippen LogP contribution in [-0.4, -0.2) is 59.5 Å². The summed E-state index contributed by atoms with van der Waals surface area (Å²) < 4.78 is 0. The number of carbonyl (C=O) groups excluding carboxylic acids is 1. The fourth-order valence-corrected chi connectivity index (χ4v) is 2.55. The van der Waals surface area contributed by atoms with Crippen LogP contribution in [0.5, 0.6) is 0 Å². The first-order chi connectivity index (χ1) is 9.97. The van der Waals surface area contributed by atoms with E-state index >= 15 is 0 Å². The van der Waals surface area contributed by atoms with Crippen LogP contribution in [0.25, 0.3) is 6.08 Å². The van der Waals surface area contributed by atoms with Crippen LogP contribution in [0.1, 0.15) is 22.8 Å². The molecule has 112 valence electrons. The highest BCUT2D eigenvalue weighted by Crippen LogP contribution is 2.15. The molecule has 0 spiro atoms. The maximum absolute atomic E-state index is 12.6. The Hall–Kier alpha value is -2.14. The van der Waals surface area contributed by atoms with E-state index in [1.165, 1.54) is 6.08 Å². The average molecular weight is 288 g/mol. The molecular weight excluding hydrogens is 268 g/mol. The second kappa shape index (κ2) is 6.54. The highest BCUT2D eigenvalue weighted by Gasteiger charge is 2.26. The third-order valence-corrected chi connectivity index (χ3v) is 3.64. The van der Waals surface area contributed by atoms with Crippen LogP contribution in [0.4, 0.5) is 0 Å². The van der Waals surface area contributed by atoms with Crippen LogP contribution in [0.2, 0.25) is 0 Å². The number of benzene rings is 1. The largest absolute Gasteiger partial charge is 0.478 e. The number of piperazine rings is 1. The topological polar surface area (TPSA) is 60.9 Å². The number of carbonyl (C=O) groups is 2. The zero-order valence-electron chi connectivity index (χ0n) is 12.3. The summed E-state index contributed by atoms with van der Waals surface area (Å²) in [6.45, 7) is 4.49. The molecule has 0 radical (unpaired) electrons. The van der Waals surface area contributed by atoms with E-state index in [2.05, 4.69) is 11.9 Å². The minimum absolute atomic E-state index is 0.00109. The molecule has 1 fully saturated rings. The van der Waals surface area contributed by atoms with E-state index < -0.39 is 5.97 Å². The van der Waals surface area contributed by atoms with E-state index in [0.717, 1.165) is 19.2 Å². The van der Waals surface area contributed by atoms with Crippen molar-refractivity contribution in [1.29, 1.82) is 0 Å². The average Bonchev–Trinajstić information content (AvgIpc) is 2.45. The van der Waals surface area contributed by atoms with Gasteiger partial charge in [-0.15, -0.1) is 0 Å². The van der Waals surface area contributed by atoms with Gasteiger partial charge < -0.3 is 14.9 Å². The fraction of sp³-hybridized carbons (Fsp3) is 0.375. The maximum atomic E-state index is 12.6. The summed E-state index contributed by atoms with van der Waals surface area (Å²) in [7, 11) is 2.05. The molecule has 1 aromatic carbocycles. The molecule has 0 aromatic heterocycles. The van der Waals surface area contributed by atoms with Crippen molar-refractivity contribution in [1.82, 2.24) is 9.80 Å². The molecule has 1 unspecified atom stereocenters. The first-order valence-electron chi connectivity index (χ1n) is 6.98. The van der Waals surface area contributed by atoms with Gasteiger partial charge in [-0.25, -0.2) is 4.79 Å². The summed E-state index contributed by atoms with van der Waals surface area (Å²) in [6, 6.07) is 7.23. The fourth-order valence-electron chi connectivity index (χ4n) is 2.55. The summed E-state index contributed by atoms with van der Waals surface area (Å²) in [5.74, 6) is -0.999. The van der Waals surface area contributed by atoms with Gasteiger partial charge in [0.2, 0.25) is 0 Å². The molecule has 1 heterocycles. The molecule has 1 amide bonds. The van der Waals surface area contributed by atoms with Crippen molar-refractivity contribution in [3.8, 4) is 0 Å². The van der Waals surface area contributed by atoms with E-state index in [0.29, 0.717) is 17.7 Å². The van der Waals surface area contributed by atoms with Gasteiger partial charge in [0.1, 0.15) is 0 Å². The van der Waals surface area contributed by atoms with Crippen LogP contribution >= 0.6 is 0 Å². The van der Waals surface area contributed by atoms with Gasteiger partial charge >= 0.3 is 5.97 Å². The Bertz CT molecular complexity index is 568. The highest BCUT2D eigenvalue weighted by molar-refractivity contribution is 5.95. The van der Waals surface area contributed by atoms with Gasteiger partial charge in [0, 0.05) is 37.3 Å².